The average Bonchev–Trinajstić information content (AvgIpc) is 2.85. The van der Waals surface area contributed by atoms with Gasteiger partial charge in [-0.25, -0.2) is 0 Å². The lowest BCUT2D eigenvalue weighted by Gasteiger charge is -2.17. The number of nitrogens with one attached hydrogen (secondary N) is 1. The summed E-state index contributed by atoms with van der Waals surface area (Å²) < 4.78 is 50.8. The largest absolute Gasteiger partial charge is 0.496 e. The van der Waals surface area contributed by atoms with E-state index in [2.05, 4.69) is 5.32 Å². The number of carbonyl (C=O) groups is 2. The third kappa shape index (κ3) is 8.23. The molecule has 0 aliphatic heterocycles. The number of carboxylic acids is 1. The van der Waals surface area contributed by atoms with Crippen LogP contribution in [-0.2, 0) is 40.1 Å². The van der Waals surface area contributed by atoms with Gasteiger partial charge in [-0.1, -0.05) is 35.9 Å². The zero-order chi connectivity index (χ0) is 27.0. The number of esters is 1. The van der Waals surface area contributed by atoms with Gasteiger partial charge >= 0.3 is 18.1 Å². The number of halogens is 4. The molecule has 37 heavy (non-hydrogen) atoms. The molecule has 0 atom stereocenters. The molecule has 0 unspecified atom stereocenters. The van der Waals surface area contributed by atoms with Crippen molar-refractivity contribution in [3.05, 3.63) is 87.9 Å². The second-order valence-corrected chi connectivity index (χ2v) is 8.63. The summed E-state index contributed by atoms with van der Waals surface area (Å²) in [4.78, 5) is 23.2. The van der Waals surface area contributed by atoms with Crippen LogP contribution < -0.4 is 10.1 Å². The van der Waals surface area contributed by atoms with E-state index in [1.54, 1.807) is 42.5 Å². The van der Waals surface area contributed by atoms with E-state index in [9.17, 15) is 22.8 Å². The Hall–Kier alpha value is -3.56. The first kappa shape index (κ1) is 28.0. The average molecular weight is 536 g/mol. The van der Waals surface area contributed by atoms with Crippen LogP contribution in [0.5, 0.6) is 5.75 Å². The van der Waals surface area contributed by atoms with Gasteiger partial charge in [0.1, 0.15) is 12.4 Å². The Labute approximate surface area is 217 Å². The molecule has 3 aromatic rings. The summed E-state index contributed by atoms with van der Waals surface area (Å²) in [5, 5.41) is 12.7. The summed E-state index contributed by atoms with van der Waals surface area (Å²) in [6, 6.07) is 15.0. The highest BCUT2D eigenvalue weighted by atomic mass is 35.5. The molecule has 10 heteroatoms. The van der Waals surface area contributed by atoms with E-state index in [0.717, 1.165) is 17.7 Å². The van der Waals surface area contributed by atoms with Crippen LogP contribution in [0.25, 0.3) is 11.1 Å². The Balaban J connectivity index is 1.73. The summed E-state index contributed by atoms with van der Waals surface area (Å²) in [5.41, 5.74) is 1.67. The van der Waals surface area contributed by atoms with Gasteiger partial charge in [0.05, 0.1) is 25.5 Å². The monoisotopic (exact) mass is 535 g/mol. The van der Waals surface area contributed by atoms with Gasteiger partial charge in [0, 0.05) is 23.7 Å². The van der Waals surface area contributed by atoms with Crippen LogP contribution in [0, 0.1) is 0 Å². The van der Waals surface area contributed by atoms with E-state index < -0.39 is 23.7 Å². The Bertz CT molecular complexity index is 1250. The number of rotatable bonds is 11. The molecule has 0 aromatic heterocycles. The smallest absolute Gasteiger partial charge is 0.416 e. The zero-order valence-corrected chi connectivity index (χ0v) is 20.7. The molecule has 0 radical (unpaired) electrons. The number of aliphatic carboxylic acids is 1. The van der Waals surface area contributed by atoms with Crippen LogP contribution >= 0.6 is 11.6 Å². The number of benzene rings is 3. The first-order valence-corrected chi connectivity index (χ1v) is 11.6. The lowest BCUT2D eigenvalue weighted by atomic mass is 9.94. The van der Waals surface area contributed by atoms with Gasteiger partial charge in [0.25, 0.3) is 0 Å². The molecule has 0 saturated heterocycles. The number of ether oxygens (including phenoxy) is 2. The van der Waals surface area contributed by atoms with Crippen LogP contribution in [0.3, 0.4) is 0 Å². The summed E-state index contributed by atoms with van der Waals surface area (Å²) in [7, 11) is 1.42. The van der Waals surface area contributed by atoms with E-state index >= 15 is 0 Å². The molecular weight excluding hydrogens is 511 g/mol. The summed E-state index contributed by atoms with van der Waals surface area (Å²) in [5.74, 6) is -1.11. The number of carbonyl (C=O) groups excluding carboxylic acids is 1. The SMILES string of the molecule is COc1ccc(CC(=O)O)cc1-c1ccc(C(F)(F)F)cc1CNCCC(=O)OCc1ccc(Cl)cc1. The lowest BCUT2D eigenvalue weighted by Crippen LogP contribution is -2.20. The van der Waals surface area contributed by atoms with Crippen LogP contribution in [0.15, 0.2) is 60.7 Å². The van der Waals surface area contributed by atoms with E-state index in [1.807, 2.05) is 0 Å². The number of alkyl halides is 3. The summed E-state index contributed by atoms with van der Waals surface area (Å²) >= 11 is 5.83. The van der Waals surface area contributed by atoms with Gasteiger partial charge in [0.2, 0.25) is 0 Å². The predicted octanol–water partition coefficient (Wildman–Crippen LogP) is 5.88. The summed E-state index contributed by atoms with van der Waals surface area (Å²) in [6.07, 6.45) is -4.78. The first-order valence-electron chi connectivity index (χ1n) is 11.3. The fraction of sp³-hybridized carbons (Fsp3) is 0.259. The molecule has 6 nitrogen and oxygen atoms in total. The molecule has 2 N–H and O–H groups in total. The number of carboxylic acid groups (broad SMARTS) is 1. The van der Waals surface area contributed by atoms with E-state index in [-0.39, 0.29) is 32.5 Å². The fourth-order valence-corrected chi connectivity index (χ4v) is 3.79. The predicted molar refractivity (Wildman–Crippen MR) is 132 cm³/mol. The maximum atomic E-state index is 13.4. The quantitative estimate of drug-likeness (QED) is 0.235. The molecular formula is C27H25ClF3NO5. The second kappa shape index (κ2) is 12.6. The molecule has 3 rings (SSSR count). The normalized spacial score (nSPS) is 11.3. The minimum absolute atomic E-state index is 0.0132. The molecule has 0 saturated carbocycles. The van der Waals surface area contributed by atoms with Crippen molar-refractivity contribution in [3.8, 4) is 16.9 Å². The highest BCUT2D eigenvalue weighted by Crippen LogP contribution is 2.37. The maximum absolute atomic E-state index is 13.4. The van der Waals surface area contributed by atoms with E-state index in [0.29, 0.717) is 33.0 Å². The second-order valence-electron chi connectivity index (χ2n) is 8.19. The maximum Gasteiger partial charge on any atom is 0.416 e. The highest BCUT2D eigenvalue weighted by molar-refractivity contribution is 6.30. The number of methoxy groups -OCH3 is 1. The standard InChI is InChI=1S/C27H25ClF3NO5/c1-36-24-9-4-18(13-25(33)34)12-23(24)22-8-5-20(27(29,30)31)14-19(22)15-32-11-10-26(35)37-16-17-2-6-21(28)7-3-17/h2-9,12,14,32H,10-11,13,15-16H2,1H3,(H,33,34). The van der Waals surface area contributed by atoms with Crippen LogP contribution in [0.4, 0.5) is 13.2 Å². The lowest BCUT2D eigenvalue weighted by molar-refractivity contribution is -0.145. The molecule has 196 valence electrons. The van der Waals surface area contributed by atoms with Crippen molar-refractivity contribution < 1.29 is 37.3 Å². The van der Waals surface area contributed by atoms with Gasteiger partial charge in [-0.15, -0.1) is 0 Å². The molecule has 3 aromatic carbocycles. The topological polar surface area (TPSA) is 84.9 Å². The molecule has 0 amide bonds. The van der Waals surface area contributed by atoms with Gasteiger partial charge < -0.3 is 19.9 Å². The van der Waals surface area contributed by atoms with Crippen LogP contribution in [-0.4, -0.2) is 30.7 Å². The van der Waals surface area contributed by atoms with E-state index in [4.69, 9.17) is 26.2 Å². The first-order chi connectivity index (χ1) is 17.6. The van der Waals surface area contributed by atoms with Crippen molar-refractivity contribution in [2.24, 2.45) is 0 Å². The van der Waals surface area contributed by atoms with Gasteiger partial charge in [-0.2, -0.15) is 13.2 Å². The fourth-order valence-electron chi connectivity index (χ4n) is 3.66. The minimum Gasteiger partial charge on any atom is -0.496 e. The number of hydrogen-bond acceptors (Lipinski definition) is 5. The zero-order valence-electron chi connectivity index (χ0n) is 19.9. The van der Waals surface area contributed by atoms with Crippen molar-refractivity contribution in [1.29, 1.82) is 0 Å². The van der Waals surface area contributed by atoms with Crippen molar-refractivity contribution in [1.82, 2.24) is 5.32 Å². The summed E-state index contributed by atoms with van der Waals surface area (Å²) in [6.45, 7) is 0.279. The molecule has 0 heterocycles. The van der Waals surface area contributed by atoms with Crippen molar-refractivity contribution >= 4 is 23.5 Å². The third-order valence-corrected chi connectivity index (χ3v) is 5.73. The van der Waals surface area contributed by atoms with Gasteiger partial charge in [-0.05, 0) is 58.7 Å². The van der Waals surface area contributed by atoms with Crippen molar-refractivity contribution in [2.75, 3.05) is 13.7 Å². The molecule has 0 aliphatic carbocycles. The molecule has 0 fully saturated rings. The Kier molecular flexibility index (Phi) is 9.54. The van der Waals surface area contributed by atoms with Crippen LogP contribution in [0.1, 0.15) is 28.7 Å². The Morgan fingerprint density at radius 3 is 2.32 bits per heavy atom. The van der Waals surface area contributed by atoms with Crippen molar-refractivity contribution in [2.45, 2.75) is 32.2 Å². The Morgan fingerprint density at radius 2 is 1.68 bits per heavy atom. The molecule has 0 spiro atoms. The van der Waals surface area contributed by atoms with Crippen LogP contribution in [0.2, 0.25) is 5.02 Å². The van der Waals surface area contributed by atoms with E-state index in [1.165, 1.54) is 13.2 Å². The highest BCUT2D eigenvalue weighted by Gasteiger charge is 2.31. The van der Waals surface area contributed by atoms with Gasteiger partial charge in [-0.3, -0.25) is 9.59 Å². The molecule has 0 bridgehead atoms. The Morgan fingerprint density at radius 1 is 0.973 bits per heavy atom. The minimum atomic E-state index is -4.55. The van der Waals surface area contributed by atoms with Gasteiger partial charge in [0.15, 0.2) is 0 Å². The van der Waals surface area contributed by atoms with Crippen molar-refractivity contribution in [3.63, 3.8) is 0 Å². The number of hydrogen-bond donors (Lipinski definition) is 2. The molecule has 0 aliphatic rings. The third-order valence-electron chi connectivity index (χ3n) is 5.48.